The predicted molar refractivity (Wildman–Crippen MR) is 98.2 cm³/mol. The summed E-state index contributed by atoms with van der Waals surface area (Å²) in [5, 5.41) is 10.3. The topological polar surface area (TPSA) is 86.5 Å². The van der Waals surface area contributed by atoms with Crippen LogP contribution in [0.25, 0.3) is 11.0 Å². The molecule has 2 aromatic heterocycles. The number of amides is 1. The molecule has 2 heterocycles. The van der Waals surface area contributed by atoms with Crippen molar-refractivity contribution in [3.8, 4) is 0 Å². The van der Waals surface area contributed by atoms with Crippen LogP contribution in [0.15, 0.2) is 24.3 Å². The minimum absolute atomic E-state index is 0.0270. The molecule has 0 bridgehead atoms. The first kappa shape index (κ1) is 17.2. The molecule has 6 nitrogen and oxygen atoms in total. The molecule has 25 heavy (non-hydrogen) atoms. The van der Waals surface area contributed by atoms with E-state index < -0.39 is 0 Å². The smallest absolute Gasteiger partial charge is 0.220 e. The molecule has 0 saturated heterocycles. The quantitative estimate of drug-likeness (QED) is 0.644. The van der Waals surface area contributed by atoms with Crippen LogP contribution in [0.4, 0.5) is 0 Å². The molecule has 0 aliphatic rings. The molecule has 0 aliphatic carbocycles. The fourth-order valence-electron chi connectivity index (χ4n) is 3.10. The number of hydrogen-bond acceptors (Lipinski definition) is 3. The fourth-order valence-corrected chi connectivity index (χ4v) is 3.10. The number of carbonyl (C=O) groups excluding carboxylic acids is 1. The predicted octanol–water partition coefficient (Wildman–Crippen LogP) is 3.35. The Morgan fingerprint density at radius 1 is 1.24 bits per heavy atom. The second-order valence-electron chi connectivity index (χ2n) is 6.84. The van der Waals surface area contributed by atoms with E-state index in [0.717, 1.165) is 33.8 Å². The van der Waals surface area contributed by atoms with Gasteiger partial charge in [0.15, 0.2) is 0 Å². The van der Waals surface area contributed by atoms with Crippen LogP contribution < -0.4 is 5.32 Å². The Labute approximate surface area is 147 Å². The highest BCUT2D eigenvalue weighted by molar-refractivity contribution is 5.77. The third-order valence-corrected chi connectivity index (χ3v) is 4.57. The van der Waals surface area contributed by atoms with Crippen LogP contribution in [0.5, 0.6) is 0 Å². The number of nitrogens with zero attached hydrogens (tertiary/aromatic N) is 2. The van der Waals surface area contributed by atoms with Crippen molar-refractivity contribution in [1.29, 1.82) is 0 Å². The lowest BCUT2D eigenvalue weighted by molar-refractivity contribution is -0.122. The Kier molecular flexibility index (Phi) is 4.88. The van der Waals surface area contributed by atoms with Crippen molar-refractivity contribution in [1.82, 2.24) is 25.5 Å². The second kappa shape index (κ2) is 7.09. The highest BCUT2D eigenvalue weighted by Crippen LogP contribution is 2.22. The van der Waals surface area contributed by atoms with Crippen LogP contribution >= 0.6 is 0 Å². The van der Waals surface area contributed by atoms with Crippen molar-refractivity contribution in [2.24, 2.45) is 5.92 Å². The van der Waals surface area contributed by atoms with E-state index in [1.807, 2.05) is 38.1 Å². The number of fused-ring (bicyclic) bond motifs is 1. The number of aryl methyl sites for hydroxylation is 2. The van der Waals surface area contributed by atoms with E-state index in [9.17, 15) is 4.79 Å². The van der Waals surface area contributed by atoms with E-state index in [4.69, 9.17) is 0 Å². The number of aromatic amines is 2. The van der Waals surface area contributed by atoms with Crippen LogP contribution in [-0.2, 0) is 11.2 Å². The molecule has 3 rings (SSSR count). The van der Waals surface area contributed by atoms with Crippen LogP contribution in [0.3, 0.4) is 0 Å². The van der Waals surface area contributed by atoms with Crippen LogP contribution in [0.2, 0.25) is 0 Å². The SMILES string of the molecule is Cc1n[nH]c(C)c1CCC(=O)N[C@@H](c1nc2ccccc2[nH]1)C(C)C. The third kappa shape index (κ3) is 3.73. The molecule has 1 atom stereocenters. The highest BCUT2D eigenvalue weighted by atomic mass is 16.1. The zero-order chi connectivity index (χ0) is 18.0. The fraction of sp³-hybridized carbons (Fsp3) is 0.421. The normalized spacial score (nSPS) is 12.7. The number of benzene rings is 1. The molecule has 0 aliphatic heterocycles. The van der Waals surface area contributed by atoms with Gasteiger partial charge >= 0.3 is 0 Å². The minimum atomic E-state index is -0.133. The first-order valence-corrected chi connectivity index (χ1v) is 8.70. The lowest BCUT2D eigenvalue weighted by Gasteiger charge is -2.20. The second-order valence-corrected chi connectivity index (χ2v) is 6.84. The molecule has 3 N–H and O–H groups in total. The average Bonchev–Trinajstić information content (AvgIpc) is 3.14. The van der Waals surface area contributed by atoms with Gasteiger partial charge in [0.25, 0.3) is 0 Å². The summed E-state index contributed by atoms with van der Waals surface area (Å²) >= 11 is 0. The van der Waals surface area contributed by atoms with Crippen LogP contribution in [0.1, 0.15) is 49.1 Å². The number of aromatic nitrogens is 4. The van der Waals surface area contributed by atoms with Crippen LogP contribution in [-0.4, -0.2) is 26.1 Å². The summed E-state index contributed by atoms with van der Waals surface area (Å²) in [6.45, 7) is 8.12. The van der Waals surface area contributed by atoms with Gasteiger partial charge < -0.3 is 10.3 Å². The monoisotopic (exact) mass is 339 g/mol. The zero-order valence-corrected chi connectivity index (χ0v) is 15.2. The van der Waals surface area contributed by atoms with Crippen molar-refractivity contribution in [3.05, 3.63) is 47.0 Å². The average molecular weight is 339 g/mol. The van der Waals surface area contributed by atoms with Crippen LogP contribution in [0, 0.1) is 19.8 Å². The molecule has 3 aromatic rings. The molecule has 0 fully saturated rings. The molecule has 132 valence electrons. The number of imidazole rings is 1. The van der Waals surface area contributed by atoms with Crippen molar-refractivity contribution in [3.63, 3.8) is 0 Å². The Hall–Kier alpha value is -2.63. The number of hydrogen-bond donors (Lipinski definition) is 3. The Morgan fingerprint density at radius 3 is 2.64 bits per heavy atom. The summed E-state index contributed by atoms with van der Waals surface area (Å²) in [6, 6.07) is 7.77. The maximum absolute atomic E-state index is 12.5. The first-order chi connectivity index (χ1) is 12.0. The number of carbonyl (C=O) groups is 1. The minimum Gasteiger partial charge on any atom is -0.346 e. The molecule has 0 radical (unpaired) electrons. The first-order valence-electron chi connectivity index (χ1n) is 8.70. The lowest BCUT2D eigenvalue weighted by atomic mass is 10.0. The van der Waals surface area contributed by atoms with E-state index in [1.54, 1.807) is 0 Å². The van der Waals surface area contributed by atoms with Gasteiger partial charge in [-0.25, -0.2) is 4.98 Å². The Bertz CT molecular complexity index is 824. The molecule has 0 spiro atoms. The molecule has 0 saturated carbocycles. The van der Waals surface area contributed by atoms with E-state index in [1.165, 1.54) is 0 Å². The molecule has 6 heteroatoms. The van der Waals surface area contributed by atoms with Crippen molar-refractivity contribution >= 4 is 16.9 Å². The Balaban J connectivity index is 1.70. The van der Waals surface area contributed by atoms with Gasteiger partial charge in [-0.1, -0.05) is 26.0 Å². The van der Waals surface area contributed by atoms with Crippen molar-refractivity contribution < 1.29 is 4.79 Å². The third-order valence-electron chi connectivity index (χ3n) is 4.57. The lowest BCUT2D eigenvalue weighted by Crippen LogP contribution is -2.32. The van der Waals surface area contributed by atoms with Crippen molar-refractivity contribution in [2.45, 2.75) is 46.6 Å². The highest BCUT2D eigenvalue weighted by Gasteiger charge is 2.22. The summed E-state index contributed by atoms with van der Waals surface area (Å²) in [5.41, 5.74) is 5.02. The van der Waals surface area contributed by atoms with Gasteiger partial charge in [0.1, 0.15) is 5.82 Å². The summed E-state index contributed by atoms with van der Waals surface area (Å²) in [5.74, 6) is 1.07. The van der Waals surface area contributed by atoms with Gasteiger partial charge in [0.2, 0.25) is 5.91 Å². The molecule has 1 amide bonds. The van der Waals surface area contributed by atoms with Gasteiger partial charge in [-0.05, 0) is 43.9 Å². The van der Waals surface area contributed by atoms with E-state index >= 15 is 0 Å². The molecule has 1 aromatic carbocycles. The van der Waals surface area contributed by atoms with E-state index in [2.05, 4.69) is 39.3 Å². The summed E-state index contributed by atoms with van der Waals surface area (Å²) in [4.78, 5) is 20.5. The van der Waals surface area contributed by atoms with Gasteiger partial charge in [-0.2, -0.15) is 5.10 Å². The summed E-state index contributed by atoms with van der Waals surface area (Å²) < 4.78 is 0. The Morgan fingerprint density at radius 2 is 2.00 bits per heavy atom. The zero-order valence-electron chi connectivity index (χ0n) is 15.2. The maximum atomic E-state index is 12.5. The summed E-state index contributed by atoms with van der Waals surface area (Å²) in [6.07, 6.45) is 1.12. The van der Waals surface area contributed by atoms with Gasteiger partial charge in [0.05, 0.1) is 22.8 Å². The van der Waals surface area contributed by atoms with Crippen molar-refractivity contribution in [2.75, 3.05) is 0 Å². The number of H-pyrrole nitrogens is 2. The summed E-state index contributed by atoms with van der Waals surface area (Å²) in [7, 11) is 0. The molecular weight excluding hydrogens is 314 g/mol. The largest absolute Gasteiger partial charge is 0.346 e. The number of para-hydroxylation sites is 2. The van der Waals surface area contributed by atoms with Gasteiger partial charge in [-0.15, -0.1) is 0 Å². The standard InChI is InChI=1S/C19H25N5O/c1-11(2)18(19-20-15-7-5-6-8-16(15)21-19)22-17(25)10-9-14-12(3)23-24-13(14)4/h5-8,11,18H,9-10H2,1-4H3,(H,20,21)(H,22,25)(H,23,24)/t18-/m1/s1. The maximum Gasteiger partial charge on any atom is 0.220 e. The molecule has 0 unspecified atom stereocenters. The van der Waals surface area contributed by atoms with E-state index in [-0.39, 0.29) is 17.9 Å². The van der Waals surface area contributed by atoms with Gasteiger partial charge in [0, 0.05) is 12.1 Å². The number of nitrogens with one attached hydrogen (secondary N) is 3. The molecular formula is C19H25N5O. The number of rotatable bonds is 6. The van der Waals surface area contributed by atoms with E-state index in [0.29, 0.717) is 12.8 Å². The van der Waals surface area contributed by atoms with Gasteiger partial charge in [-0.3, -0.25) is 9.89 Å².